The summed E-state index contributed by atoms with van der Waals surface area (Å²) in [6.07, 6.45) is 2.21. The average Bonchev–Trinajstić information content (AvgIpc) is 3.37. The van der Waals surface area contributed by atoms with Crippen molar-refractivity contribution in [1.82, 2.24) is 15.2 Å². The van der Waals surface area contributed by atoms with E-state index >= 15 is 0 Å². The molecule has 13 heteroatoms. The number of quaternary nitrogens is 1. The molecular weight excluding hydrogens is 468 g/mol. The molecule has 11 nitrogen and oxygen atoms in total. The molecule has 3 aliphatic rings. The first-order valence-electron chi connectivity index (χ1n) is 10.1. The highest BCUT2D eigenvalue weighted by Gasteiger charge is 2.53. The van der Waals surface area contributed by atoms with Crippen LogP contribution in [0.15, 0.2) is 21.8 Å². The number of nitrogens with zero attached hydrogens (tertiary/aromatic N) is 4. The summed E-state index contributed by atoms with van der Waals surface area (Å²) in [7, 11) is 3.39. The van der Waals surface area contributed by atoms with Crippen LogP contribution in [0, 0.1) is 0 Å². The minimum atomic E-state index is -1.37. The molecule has 3 N–H and O–H groups in total. The molecule has 4 rings (SSSR count). The molecule has 0 radical (unpaired) electrons. The second-order valence-electron chi connectivity index (χ2n) is 8.23. The molecule has 0 unspecified atom stereocenters. The van der Waals surface area contributed by atoms with E-state index in [1.54, 1.807) is 5.38 Å². The molecule has 0 bridgehead atoms. The Labute approximate surface area is 200 Å². The van der Waals surface area contributed by atoms with Crippen LogP contribution < -0.4 is 16.2 Å². The van der Waals surface area contributed by atoms with Gasteiger partial charge in [0.2, 0.25) is 0 Å². The number of rotatable bonds is 7. The Kier molecular flexibility index (Phi) is 7.34. The van der Waals surface area contributed by atoms with E-state index < -0.39 is 29.2 Å². The summed E-state index contributed by atoms with van der Waals surface area (Å²) in [5.41, 5.74) is 6.39. The number of nitrogens with one attached hydrogen (secondary N) is 1. The van der Waals surface area contributed by atoms with Crippen molar-refractivity contribution < 1.29 is 28.8 Å². The summed E-state index contributed by atoms with van der Waals surface area (Å²) in [4.78, 5) is 47.7. The number of oxime groups is 1. The second kappa shape index (κ2) is 9.69. The SMILES string of the molecule is C.CO/N=C(\C(=O)N[C@@H]1C(=O)N2C(C(=O)[O-])=C(C[N+]3(C)CCCC3)CS[C@H]12)c1csc(N)n1. The number of anilines is 1. The molecular formula is C20H28N6O5S2. The van der Waals surface area contributed by atoms with Gasteiger partial charge in [-0.25, -0.2) is 4.98 Å². The maximum Gasteiger partial charge on any atom is 0.276 e. The molecule has 1 aromatic rings. The predicted octanol–water partition coefficient (Wildman–Crippen LogP) is -0.644. The Bertz CT molecular complexity index is 1020. The van der Waals surface area contributed by atoms with Gasteiger partial charge >= 0.3 is 0 Å². The van der Waals surface area contributed by atoms with E-state index in [0.29, 0.717) is 17.9 Å². The number of β-lactam (4-membered cyclic amide) rings is 1. The summed E-state index contributed by atoms with van der Waals surface area (Å²) in [5.74, 6) is -2.06. The van der Waals surface area contributed by atoms with Gasteiger partial charge in [-0.3, -0.25) is 14.5 Å². The number of thiazole rings is 1. The largest absolute Gasteiger partial charge is 0.543 e. The first-order chi connectivity index (χ1) is 15.2. The lowest BCUT2D eigenvalue weighted by atomic mass is 10.0. The number of likely N-dealkylation sites (N-methyl/N-ethyl adjacent to an activating group) is 1. The molecule has 0 spiro atoms. The first-order valence-corrected chi connectivity index (χ1v) is 12.0. The normalized spacial score (nSPS) is 24.0. The van der Waals surface area contributed by atoms with Crippen molar-refractivity contribution in [2.24, 2.45) is 5.16 Å². The van der Waals surface area contributed by atoms with E-state index in [4.69, 9.17) is 10.6 Å². The summed E-state index contributed by atoms with van der Waals surface area (Å²) in [6, 6.07) is -0.891. The van der Waals surface area contributed by atoms with Gasteiger partial charge < -0.3 is 30.3 Å². The average molecular weight is 497 g/mol. The van der Waals surface area contributed by atoms with Crippen molar-refractivity contribution in [1.29, 1.82) is 0 Å². The third-order valence-electron chi connectivity index (χ3n) is 5.91. The van der Waals surface area contributed by atoms with Gasteiger partial charge in [0.1, 0.15) is 30.8 Å². The number of hydrogen-bond acceptors (Lipinski definition) is 10. The van der Waals surface area contributed by atoms with E-state index in [2.05, 4.69) is 22.5 Å². The standard InChI is InChI=1S/C19H24N6O5S2.CH4/c1-25(5-3-4-6-25)7-10-8-31-17-13(16(27)24(17)14(10)18(28)29)22-15(26)12(23-30-2)11-9-32-19(20)21-11;/h9,13,17H,3-8H2,1-2H3,(H3-,20,21,22,26,28,29);1H4/b23-12-;/t13-,17-;/m1./s1. The molecule has 1 aromatic heterocycles. The molecule has 4 heterocycles. The van der Waals surface area contributed by atoms with Crippen LogP contribution in [0.4, 0.5) is 5.13 Å². The van der Waals surface area contributed by atoms with Crippen LogP contribution in [0.25, 0.3) is 0 Å². The maximum atomic E-state index is 12.9. The topological polar surface area (TPSA) is 150 Å². The molecule has 0 saturated carbocycles. The summed E-state index contributed by atoms with van der Waals surface area (Å²) in [5, 5.41) is 19.6. The van der Waals surface area contributed by atoms with Crippen LogP contribution >= 0.6 is 23.1 Å². The van der Waals surface area contributed by atoms with E-state index in [0.717, 1.165) is 41.8 Å². The van der Waals surface area contributed by atoms with Gasteiger partial charge in [0.25, 0.3) is 11.8 Å². The van der Waals surface area contributed by atoms with Crippen LogP contribution in [-0.4, -0.2) is 88.8 Å². The number of carbonyl (C=O) groups excluding carboxylic acids is 3. The molecule has 2 saturated heterocycles. The predicted molar refractivity (Wildman–Crippen MR) is 124 cm³/mol. The monoisotopic (exact) mass is 496 g/mol. The molecule has 3 aliphatic heterocycles. The maximum absolute atomic E-state index is 12.9. The minimum absolute atomic E-state index is 0. The number of carbonyl (C=O) groups is 3. The van der Waals surface area contributed by atoms with Crippen molar-refractivity contribution in [3.05, 3.63) is 22.3 Å². The summed E-state index contributed by atoms with van der Waals surface area (Å²) in [6.45, 7) is 2.53. The van der Waals surface area contributed by atoms with Crippen molar-refractivity contribution in [3.8, 4) is 0 Å². The van der Waals surface area contributed by atoms with E-state index in [1.165, 1.54) is 23.8 Å². The minimum Gasteiger partial charge on any atom is -0.543 e. The second-order valence-corrected chi connectivity index (χ2v) is 10.2. The highest BCUT2D eigenvalue weighted by atomic mass is 32.2. The first kappa shape index (κ1) is 25.0. The van der Waals surface area contributed by atoms with Gasteiger partial charge in [0.05, 0.1) is 31.8 Å². The Hall–Kier alpha value is -2.64. The van der Waals surface area contributed by atoms with Crippen molar-refractivity contribution in [2.45, 2.75) is 31.7 Å². The number of hydrogen-bond donors (Lipinski definition) is 2. The van der Waals surface area contributed by atoms with Crippen LogP contribution in [-0.2, 0) is 19.2 Å². The lowest BCUT2D eigenvalue weighted by molar-refractivity contribution is -0.893. The highest BCUT2D eigenvalue weighted by molar-refractivity contribution is 8.00. The molecule has 0 aliphatic carbocycles. The number of nitrogen functional groups attached to an aromatic ring is 1. The van der Waals surface area contributed by atoms with E-state index in [1.807, 2.05) is 0 Å². The van der Waals surface area contributed by atoms with Crippen molar-refractivity contribution in [3.63, 3.8) is 0 Å². The molecule has 2 atom stereocenters. The van der Waals surface area contributed by atoms with E-state index in [9.17, 15) is 19.5 Å². The lowest BCUT2D eigenvalue weighted by Gasteiger charge is -2.51. The Morgan fingerprint density at radius 3 is 2.70 bits per heavy atom. The Morgan fingerprint density at radius 1 is 1.42 bits per heavy atom. The van der Waals surface area contributed by atoms with Crippen LogP contribution in [0.3, 0.4) is 0 Å². The third-order valence-corrected chi connectivity index (χ3v) is 7.92. The Morgan fingerprint density at radius 2 is 2.12 bits per heavy atom. The number of amides is 2. The van der Waals surface area contributed by atoms with Gasteiger partial charge in [-0.2, -0.15) is 0 Å². The number of carboxylic acid groups (broad SMARTS) is 1. The van der Waals surface area contributed by atoms with Crippen LogP contribution in [0.2, 0.25) is 0 Å². The fraction of sp³-hybridized carbons (Fsp3) is 0.550. The number of likely N-dealkylation sites (tertiary alicyclic amines) is 1. The zero-order chi connectivity index (χ0) is 23.0. The zero-order valence-electron chi connectivity index (χ0n) is 17.7. The quantitative estimate of drug-likeness (QED) is 0.219. The number of nitrogens with two attached hydrogens (primary N) is 1. The molecule has 0 aromatic carbocycles. The molecule has 180 valence electrons. The van der Waals surface area contributed by atoms with Gasteiger partial charge in [-0.05, 0) is 0 Å². The number of carboxylic acids is 1. The molecule has 2 amide bonds. The smallest absolute Gasteiger partial charge is 0.276 e. The molecule has 33 heavy (non-hydrogen) atoms. The fourth-order valence-corrected chi connectivity index (χ4v) is 6.30. The van der Waals surface area contributed by atoms with Crippen molar-refractivity contribution in [2.75, 3.05) is 45.3 Å². The number of aromatic nitrogens is 1. The Balaban J connectivity index is 0.00000306. The lowest BCUT2D eigenvalue weighted by Crippen LogP contribution is -2.71. The van der Waals surface area contributed by atoms with Gasteiger partial charge in [0.15, 0.2) is 10.8 Å². The summed E-state index contributed by atoms with van der Waals surface area (Å²) >= 11 is 2.57. The van der Waals surface area contributed by atoms with Gasteiger partial charge in [-0.15, -0.1) is 23.1 Å². The highest BCUT2D eigenvalue weighted by Crippen LogP contribution is 2.41. The van der Waals surface area contributed by atoms with E-state index in [-0.39, 0.29) is 29.7 Å². The van der Waals surface area contributed by atoms with Crippen LogP contribution in [0.5, 0.6) is 0 Å². The zero-order valence-corrected chi connectivity index (χ0v) is 19.3. The fourth-order valence-electron chi connectivity index (χ4n) is 4.41. The van der Waals surface area contributed by atoms with Gasteiger partial charge in [-0.1, -0.05) is 12.6 Å². The number of thioether (sulfide) groups is 1. The number of fused-ring (bicyclic) bond motifs is 1. The summed E-state index contributed by atoms with van der Waals surface area (Å²) < 4.78 is 0.757. The van der Waals surface area contributed by atoms with Crippen LogP contribution in [0.1, 0.15) is 26.0 Å². The third kappa shape index (κ3) is 4.70. The van der Waals surface area contributed by atoms with Gasteiger partial charge in [0, 0.05) is 29.5 Å². The van der Waals surface area contributed by atoms with Crippen molar-refractivity contribution >= 4 is 51.7 Å². The molecule has 2 fully saturated rings. The number of aliphatic carboxylic acids is 1.